The van der Waals surface area contributed by atoms with Gasteiger partial charge < -0.3 is 10.2 Å². The monoisotopic (exact) mass is 412 g/mol. The number of hydrogen-bond acceptors (Lipinski definition) is 2. The molecule has 0 spiro atoms. The molecule has 27 heavy (non-hydrogen) atoms. The molecule has 1 aliphatic rings. The summed E-state index contributed by atoms with van der Waals surface area (Å²) in [5.74, 6) is 0.218. The van der Waals surface area contributed by atoms with Crippen LogP contribution in [0.25, 0.3) is 0 Å². The first-order valence-electron chi connectivity index (χ1n) is 9.87. The van der Waals surface area contributed by atoms with Gasteiger partial charge in [0, 0.05) is 17.6 Å². The van der Waals surface area contributed by atoms with Crippen LogP contribution in [0.1, 0.15) is 64.0 Å². The normalized spacial score (nSPS) is 20.7. The summed E-state index contributed by atoms with van der Waals surface area (Å²) in [7, 11) is 0. The Morgan fingerprint density at radius 3 is 2.37 bits per heavy atom. The van der Waals surface area contributed by atoms with Crippen LogP contribution in [0.3, 0.4) is 0 Å². The Kier molecular flexibility index (Phi) is 8.91. The number of nitrogens with one attached hydrogen (secondary N) is 1. The lowest BCUT2D eigenvalue weighted by Gasteiger charge is -2.34. The minimum atomic E-state index is -0.681. The van der Waals surface area contributed by atoms with Crippen molar-refractivity contribution >= 4 is 35.0 Å². The predicted octanol–water partition coefficient (Wildman–Crippen LogP) is 4.94. The zero-order chi connectivity index (χ0) is 19.8. The first-order valence-corrected chi connectivity index (χ1v) is 10.8. The molecule has 0 radical (unpaired) electrons. The van der Waals surface area contributed by atoms with Crippen molar-refractivity contribution in [2.45, 2.75) is 64.5 Å². The van der Waals surface area contributed by atoms with Crippen molar-refractivity contribution in [2.24, 2.45) is 5.92 Å². The highest BCUT2D eigenvalue weighted by Gasteiger charge is 2.32. The highest BCUT2D eigenvalue weighted by atomic mass is 35.5. The maximum Gasteiger partial charge on any atom is 0.247 e. The molecular formula is C21H30Cl2N2O2. The average Bonchev–Trinajstić information content (AvgIpc) is 2.67. The van der Waals surface area contributed by atoms with Gasteiger partial charge in [0.05, 0.1) is 0 Å². The molecule has 1 N–H and O–H groups in total. The van der Waals surface area contributed by atoms with Crippen LogP contribution in [-0.4, -0.2) is 35.2 Å². The van der Waals surface area contributed by atoms with Gasteiger partial charge in [0.15, 0.2) is 0 Å². The van der Waals surface area contributed by atoms with Gasteiger partial charge in [0.25, 0.3) is 0 Å². The fraction of sp³-hybridized carbons (Fsp3) is 0.619. The number of carbonyl (C=O) groups excluding carboxylic acids is 2. The van der Waals surface area contributed by atoms with Crippen LogP contribution >= 0.6 is 23.2 Å². The van der Waals surface area contributed by atoms with Gasteiger partial charge in [-0.05, 0) is 55.7 Å². The van der Waals surface area contributed by atoms with Crippen molar-refractivity contribution in [3.63, 3.8) is 0 Å². The van der Waals surface area contributed by atoms with Crippen molar-refractivity contribution in [3.8, 4) is 0 Å². The van der Waals surface area contributed by atoms with Crippen molar-refractivity contribution in [3.05, 3.63) is 34.9 Å². The number of unbranched alkanes of at least 4 members (excludes halogenated alkanes) is 1. The Hall–Kier alpha value is -1.26. The van der Waals surface area contributed by atoms with E-state index in [0.717, 1.165) is 44.1 Å². The zero-order valence-corrected chi connectivity index (χ0v) is 17.7. The highest BCUT2D eigenvalue weighted by Crippen LogP contribution is 2.27. The molecule has 1 unspecified atom stereocenters. The molecule has 1 aromatic rings. The van der Waals surface area contributed by atoms with Gasteiger partial charge in [-0.25, -0.2) is 0 Å². The second-order valence-corrected chi connectivity index (χ2v) is 8.20. The molecule has 0 saturated heterocycles. The predicted molar refractivity (Wildman–Crippen MR) is 111 cm³/mol. The molecular weight excluding hydrogens is 383 g/mol. The minimum Gasteiger partial charge on any atom is -0.351 e. The smallest absolute Gasteiger partial charge is 0.247 e. The van der Waals surface area contributed by atoms with Crippen LogP contribution in [0.5, 0.6) is 0 Å². The van der Waals surface area contributed by atoms with Gasteiger partial charge in [-0.2, -0.15) is 0 Å². The topological polar surface area (TPSA) is 49.4 Å². The highest BCUT2D eigenvalue weighted by molar-refractivity contribution is 6.30. The molecule has 0 heterocycles. The molecule has 0 bridgehead atoms. The van der Waals surface area contributed by atoms with E-state index in [-0.39, 0.29) is 23.7 Å². The largest absolute Gasteiger partial charge is 0.351 e. The molecule has 6 heteroatoms. The van der Waals surface area contributed by atoms with E-state index >= 15 is 0 Å². The third kappa shape index (κ3) is 6.39. The van der Waals surface area contributed by atoms with Gasteiger partial charge in [-0.1, -0.05) is 44.0 Å². The maximum atomic E-state index is 13.2. The SMILES string of the molecule is CCCCN(C(=O)CCl)C(C(=O)NC1CCC(C)CC1)c1ccc(Cl)cc1. The quantitative estimate of drug-likeness (QED) is 0.614. The summed E-state index contributed by atoms with van der Waals surface area (Å²) in [6, 6.07) is 6.62. The van der Waals surface area contributed by atoms with Gasteiger partial charge >= 0.3 is 0 Å². The van der Waals surface area contributed by atoms with E-state index in [1.807, 2.05) is 12.1 Å². The van der Waals surface area contributed by atoms with Crippen LogP contribution in [0.2, 0.25) is 5.02 Å². The number of carbonyl (C=O) groups is 2. The molecule has 0 aromatic heterocycles. The van der Waals surface area contributed by atoms with Gasteiger partial charge in [0.2, 0.25) is 11.8 Å². The summed E-state index contributed by atoms with van der Waals surface area (Å²) in [4.78, 5) is 27.4. The zero-order valence-electron chi connectivity index (χ0n) is 16.2. The Morgan fingerprint density at radius 1 is 1.19 bits per heavy atom. The second-order valence-electron chi connectivity index (χ2n) is 7.49. The van der Waals surface area contributed by atoms with Crippen molar-refractivity contribution in [2.75, 3.05) is 12.4 Å². The number of nitrogens with zero attached hydrogens (tertiary/aromatic N) is 1. The standard InChI is InChI=1S/C21H30Cl2N2O2/c1-3-4-13-25(19(26)14-22)20(16-7-9-17(23)10-8-16)21(27)24-18-11-5-15(2)6-12-18/h7-10,15,18,20H,3-6,11-14H2,1-2H3,(H,24,27). The fourth-order valence-corrected chi connectivity index (χ4v) is 3.88. The summed E-state index contributed by atoms with van der Waals surface area (Å²) in [5.41, 5.74) is 0.760. The van der Waals surface area contributed by atoms with E-state index in [1.165, 1.54) is 0 Å². The van der Waals surface area contributed by atoms with Crippen LogP contribution in [0, 0.1) is 5.92 Å². The maximum absolute atomic E-state index is 13.2. The average molecular weight is 413 g/mol. The van der Waals surface area contributed by atoms with Crippen LogP contribution in [0.15, 0.2) is 24.3 Å². The Balaban J connectivity index is 2.25. The third-order valence-electron chi connectivity index (χ3n) is 5.30. The third-order valence-corrected chi connectivity index (χ3v) is 5.78. The Morgan fingerprint density at radius 2 is 1.81 bits per heavy atom. The van der Waals surface area contributed by atoms with Gasteiger partial charge in [-0.3, -0.25) is 9.59 Å². The van der Waals surface area contributed by atoms with E-state index in [9.17, 15) is 9.59 Å². The van der Waals surface area contributed by atoms with E-state index < -0.39 is 6.04 Å². The number of halogens is 2. The van der Waals surface area contributed by atoms with Crippen molar-refractivity contribution < 1.29 is 9.59 Å². The van der Waals surface area contributed by atoms with Crippen LogP contribution < -0.4 is 5.32 Å². The molecule has 1 atom stereocenters. The second kappa shape index (κ2) is 10.9. The fourth-order valence-electron chi connectivity index (χ4n) is 3.61. The molecule has 1 aromatic carbocycles. The van der Waals surface area contributed by atoms with E-state index in [0.29, 0.717) is 17.5 Å². The molecule has 2 rings (SSSR count). The Labute approximate surface area is 172 Å². The van der Waals surface area contributed by atoms with Gasteiger partial charge in [-0.15, -0.1) is 11.6 Å². The molecule has 1 saturated carbocycles. The van der Waals surface area contributed by atoms with E-state index in [1.54, 1.807) is 17.0 Å². The van der Waals surface area contributed by atoms with Crippen LogP contribution in [0.4, 0.5) is 0 Å². The van der Waals surface area contributed by atoms with Gasteiger partial charge in [0.1, 0.15) is 11.9 Å². The molecule has 2 amide bonds. The summed E-state index contributed by atoms with van der Waals surface area (Å²) >= 11 is 11.9. The summed E-state index contributed by atoms with van der Waals surface area (Å²) in [5, 5.41) is 3.78. The lowest BCUT2D eigenvalue weighted by Crippen LogP contribution is -2.48. The number of rotatable bonds is 8. The first kappa shape index (κ1) is 22.0. The molecule has 1 aliphatic carbocycles. The Bertz CT molecular complexity index is 613. The molecule has 4 nitrogen and oxygen atoms in total. The lowest BCUT2D eigenvalue weighted by atomic mass is 9.87. The molecule has 0 aliphatic heterocycles. The van der Waals surface area contributed by atoms with Crippen LogP contribution in [-0.2, 0) is 9.59 Å². The van der Waals surface area contributed by atoms with E-state index in [2.05, 4.69) is 19.2 Å². The number of benzene rings is 1. The number of hydrogen-bond donors (Lipinski definition) is 1. The summed E-state index contributed by atoms with van der Waals surface area (Å²) in [6.07, 6.45) is 5.97. The van der Waals surface area contributed by atoms with Crippen molar-refractivity contribution in [1.82, 2.24) is 10.2 Å². The minimum absolute atomic E-state index is 0.133. The lowest BCUT2D eigenvalue weighted by molar-refractivity contribution is -0.139. The molecule has 1 fully saturated rings. The van der Waals surface area contributed by atoms with Crippen molar-refractivity contribution in [1.29, 1.82) is 0 Å². The van der Waals surface area contributed by atoms with E-state index in [4.69, 9.17) is 23.2 Å². The first-order chi connectivity index (χ1) is 13.0. The molecule has 150 valence electrons. The summed E-state index contributed by atoms with van der Waals surface area (Å²) in [6.45, 7) is 4.81. The number of alkyl halides is 1. The number of amides is 2. The summed E-state index contributed by atoms with van der Waals surface area (Å²) < 4.78 is 0.